The lowest BCUT2D eigenvalue weighted by atomic mass is 10.0. The molecule has 0 fully saturated rings. The monoisotopic (exact) mass is 114 g/mol. The third-order valence-corrected chi connectivity index (χ3v) is 1.90. The minimum atomic E-state index is 0.264. The molecule has 48 valence electrons. The highest BCUT2D eigenvalue weighted by Gasteiger charge is 2.21. The van der Waals surface area contributed by atoms with E-state index >= 15 is 0 Å². The van der Waals surface area contributed by atoms with E-state index in [1.807, 2.05) is 11.6 Å². The highest BCUT2D eigenvalue weighted by atomic mass is 15.0. The average molecular weight is 114 g/mol. The molecule has 0 N–H and O–H groups in total. The van der Waals surface area contributed by atoms with Crippen LogP contribution in [0.3, 0.4) is 0 Å². The van der Waals surface area contributed by atoms with Crippen molar-refractivity contribution in [1.82, 2.24) is 0 Å². The molecule has 0 aliphatic heterocycles. The van der Waals surface area contributed by atoms with Crippen LogP contribution >= 0.6 is 0 Å². The van der Waals surface area contributed by atoms with E-state index in [-0.39, 0.29) is 5.54 Å². The van der Waals surface area contributed by atoms with Crippen LogP contribution in [0, 0.1) is 0 Å². The van der Waals surface area contributed by atoms with Crippen LogP contribution in [0.15, 0.2) is 0 Å². The summed E-state index contributed by atoms with van der Waals surface area (Å²) < 4.78 is 1.99. The highest BCUT2D eigenvalue weighted by molar-refractivity contribution is 5.15. The van der Waals surface area contributed by atoms with Crippen LogP contribution in [-0.2, 0) is 0 Å². The Kier molecular flexibility index (Phi) is 2.20. The summed E-state index contributed by atoms with van der Waals surface area (Å²) in [5.74, 6) is 0. The van der Waals surface area contributed by atoms with Gasteiger partial charge in [-0.1, -0.05) is 6.92 Å². The van der Waals surface area contributed by atoms with Gasteiger partial charge in [0.1, 0.15) is 13.8 Å². The van der Waals surface area contributed by atoms with Crippen LogP contribution in [0.5, 0.6) is 0 Å². The fourth-order valence-corrected chi connectivity index (χ4v) is 0.270. The zero-order valence-corrected chi connectivity index (χ0v) is 6.36. The zero-order valence-electron chi connectivity index (χ0n) is 6.36. The van der Waals surface area contributed by atoms with E-state index in [0.717, 1.165) is 6.42 Å². The van der Waals surface area contributed by atoms with Crippen molar-refractivity contribution in [2.75, 3.05) is 7.05 Å². The molecule has 0 aliphatic carbocycles. The second-order valence-corrected chi connectivity index (χ2v) is 2.86. The molecule has 1 heteroatoms. The topological polar surface area (TPSA) is 3.01 Å². The molecule has 0 saturated carbocycles. The maximum absolute atomic E-state index is 3.81. The fourth-order valence-electron chi connectivity index (χ4n) is 0.270. The minimum absolute atomic E-state index is 0.264. The molecule has 0 atom stereocenters. The normalized spacial score (nSPS) is 11.5. The van der Waals surface area contributed by atoms with Gasteiger partial charge in [0, 0.05) is 6.42 Å². The van der Waals surface area contributed by atoms with Gasteiger partial charge >= 0.3 is 0 Å². The number of hydrogen-bond donors (Lipinski definition) is 0. The van der Waals surface area contributed by atoms with Gasteiger partial charge < -0.3 is 0 Å². The van der Waals surface area contributed by atoms with Crippen LogP contribution in [0.1, 0.15) is 27.2 Å². The maximum Gasteiger partial charge on any atom is 0.155 e. The first-order chi connectivity index (χ1) is 3.50. The molecule has 0 saturated heterocycles. The van der Waals surface area contributed by atoms with E-state index in [9.17, 15) is 0 Å². The van der Waals surface area contributed by atoms with E-state index in [1.54, 1.807) is 0 Å². The van der Waals surface area contributed by atoms with Gasteiger partial charge in [-0.25, -0.2) is 4.58 Å². The third-order valence-electron chi connectivity index (χ3n) is 1.90. The van der Waals surface area contributed by atoms with Crippen LogP contribution in [0.4, 0.5) is 0 Å². The second kappa shape index (κ2) is 2.29. The molecule has 0 amide bonds. The number of hydrogen-bond acceptors (Lipinski definition) is 0. The first kappa shape index (κ1) is 7.67. The van der Waals surface area contributed by atoms with E-state index < -0.39 is 0 Å². The third kappa shape index (κ3) is 1.65. The van der Waals surface area contributed by atoms with E-state index in [1.165, 1.54) is 0 Å². The molecule has 0 aromatic heterocycles. The summed E-state index contributed by atoms with van der Waals surface area (Å²) in [5.41, 5.74) is 0.264. The Hall–Kier alpha value is -0.330. The largest absolute Gasteiger partial charge is 0.240 e. The van der Waals surface area contributed by atoms with Gasteiger partial charge in [0.15, 0.2) is 5.54 Å². The van der Waals surface area contributed by atoms with Crippen molar-refractivity contribution in [3.63, 3.8) is 0 Å². The summed E-state index contributed by atoms with van der Waals surface area (Å²) in [7, 11) is 2.00. The molecule has 0 spiro atoms. The Labute approximate surface area is 52.0 Å². The summed E-state index contributed by atoms with van der Waals surface area (Å²) in [6, 6.07) is 0. The Balaban J connectivity index is 3.91. The van der Waals surface area contributed by atoms with E-state index in [0.29, 0.717) is 0 Å². The fraction of sp³-hybridized carbons (Fsp3) is 0.857. The first-order valence-electron chi connectivity index (χ1n) is 3.05. The van der Waals surface area contributed by atoms with E-state index in [4.69, 9.17) is 0 Å². The zero-order chi connectivity index (χ0) is 6.78. The van der Waals surface area contributed by atoms with Crippen molar-refractivity contribution < 1.29 is 4.58 Å². The lowest BCUT2D eigenvalue weighted by Gasteiger charge is -2.16. The predicted molar refractivity (Wildman–Crippen MR) is 37.7 cm³/mol. The lowest BCUT2D eigenvalue weighted by molar-refractivity contribution is -0.567. The standard InChI is InChI=1S/C7H16N/c1-6-7(2,3)8(4)5/h4,6H2,1-3,5H3/q+1. The molecule has 0 aliphatic rings. The molecule has 0 aromatic carbocycles. The van der Waals surface area contributed by atoms with Crippen molar-refractivity contribution in [2.24, 2.45) is 0 Å². The van der Waals surface area contributed by atoms with Crippen molar-refractivity contribution >= 4 is 6.72 Å². The van der Waals surface area contributed by atoms with Crippen LogP contribution in [0.2, 0.25) is 0 Å². The summed E-state index contributed by atoms with van der Waals surface area (Å²) in [6.07, 6.45) is 1.15. The number of nitrogens with zero attached hydrogens (tertiary/aromatic N) is 1. The smallest absolute Gasteiger partial charge is 0.155 e. The average Bonchev–Trinajstić information content (AvgIpc) is 1.67. The molecule has 0 rings (SSSR count). The van der Waals surface area contributed by atoms with Gasteiger partial charge in [0.2, 0.25) is 0 Å². The maximum atomic E-state index is 3.81. The summed E-state index contributed by atoms with van der Waals surface area (Å²) in [4.78, 5) is 0. The van der Waals surface area contributed by atoms with Gasteiger partial charge in [-0.05, 0) is 13.8 Å². The van der Waals surface area contributed by atoms with Gasteiger partial charge in [0.05, 0.1) is 0 Å². The van der Waals surface area contributed by atoms with Gasteiger partial charge in [-0.2, -0.15) is 0 Å². The van der Waals surface area contributed by atoms with Crippen LogP contribution < -0.4 is 0 Å². The lowest BCUT2D eigenvalue weighted by Crippen LogP contribution is -2.31. The Bertz CT molecular complexity index is 92.6. The van der Waals surface area contributed by atoms with Crippen molar-refractivity contribution in [3.05, 3.63) is 0 Å². The van der Waals surface area contributed by atoms with Gasteiger partial charge in [-0.15, -0.1) is 0 Å². The van der Waals surface area contributed by atoms with Crippen LogP contribution in [-0.4, -0.2) is 23.9 Å². The highest BCUT2D eigenvalue weighted by Crippen LogP contribution is 2.09. The molecule has 0 aromatic rings. The Morgan fingerprint density at radius 1 is 1.50 bits per heavy atom. The molecular formula is C7H16N+. The van der Waals surface area contributed by atoms with Gasteiger partial charge in [0.25, 0.3) is 0 Å². The van der Waals surface area contributed by atoms with Crippen LogP contribution in [0.25, 0.3) is 0 Å². The quantitative estimate of drug-likeness (QED) is 0.378. The van der Waals surface area contributed by atoms with Gasteiger partial charge in [-0.3, -0.25) is 0 Å². The molecule has 0 radical (unpaired) electrons. The Morgan fingerprint density at radius 3 is 1.88 bits per heavy atom. The molecule has 8 heavy (non-hydrogen) atoms. The van der Waals surface area contributed by atoms with Crippen molar-refractivity contribution in [3.8, 4) is 0 Å². The van der Waals surface area contributed by atoms with E-state index in [2.05, 4.69) is 27.5 Å². The van der Waals surface area contributed by atoms with Crippen molar-refractivity contribution in [1.29, 1.82) is 0 Å². The molecule has 0 heterocycles. The molecule has 0 bridgehead atoms. The first-order valence-corrected chi connectivity index (χ1v) is 3.05. The molecule has 1 nitrogen and oxygen atoms in total. The summed E-state index contributed by atoms with van der Waals surface area (Å²) >= 11 is 0. The Morgan fingerprint density at radius 2 is 1.88 bits per heavy atom. The summed E-state index contributed by atoms with van der Waals surface area (Å²) in [5, 5.41) is 0. The molecule has 0 unspecified atom stereocenters. The SMILES string of the molecule is C=[N+](C)C(C)(C)CC. The van der Waals surface area contributed by atoms with Crippen molar-refractivity contribution in [2.45, 2.75) is 32.7 Å². The minimum Gasteiger partial charge on any atom is -0.240 e. The predicted octanol–water partition coefficient (Wildman–Crippen LogP) is 1.52. The number of rotatable bonds is 2. The molecular weight excluding hydrogens is 98.1 g/mol. The summed E-state index contributed by atoms with van der Waals surface area (Å²) in [6.45, 7) is 10.3. The second-order valence-electron chi connectivity index (χ2n) is 2.86.